The fourth-order valence-corrected chi connectivity index (χ4v) is 2.50. The van der Waals surface area contributed by atoms with Gasteiger partial charge in [-0.15, -0.1) is 24.8 Å². The van der Waals surface area contributed by atoms with Crippen molar-refractivity contribution < 1.29 is 4.79 Å². The minimum absolute atomic E-state index is 0. The molecule has 0 bridgehead atoms. The first-order valence-electron chi connectivity index (χ1n) is 6.86. The molecule has 1 N–H and O–H groups in total. The fraction of sp³-hybridized carbons (Fsp3) is 0.333. The van der Waals surface area contributed by atoms with E-state index < -0.39 is 0 Å². The van der Waals surface area contributed by atoms with Gasteiger partial charge in [0.2, 0.25) is 0 Å². The third-order valence-corrected chi connectivity index (χ3v) is 3.68. The number of imidazole rings is 1. The molecule has 2 aromatic rings. The molecule has 1 atom stereocenters. The normalized spacial score (nSPS) is 17.3. The van der Waals surface area contributed by atoms with Crippen LogP contribution >= 0.6 is 24.8 Å². The Balaban J connectivity index is 0.00000121. The zero-order valence-electron chi connectivity index (χ0n) is 12.3. The first-order chi connectivity index (χ1) is 9.75. The van der Waals surface area contributed by atoms with Crippen molar-refractivity contribution in [2.75, 3.05) is 19.6 Å². The molecule has 22 heavy (non-hydrogen) atoms. The first-order valence-corrected chi connectivity index (χ1v) is 6.86. The van der Waals surface area contributed by atoms with E-state index in [4.69, 9.17) is 0 Å². The van der Waals surface area contributed by atoms with Gasteiger partial charge in [0.1, 0.15) is 0 Å². The predicted octanol–water partition coefficient (Wildman–Crippen LogP) is 2.15. The Hall–Kier alpha value is -1.56. The highest BCUT2D eigenvalue weighted by atomic mass is 35.5. The van der Waals surface area contributed by atoms with Crippen molar-refractivity contribution in [3.63, 3.8) is 0 Å². The molecule has 0 aliphatic carbocycles. The Kier molecular flexibility index (Phi) is 6.87. The number of rotatable bonds is 2. The molecule has 5 nitrogen and oxygen atoms in total. The van der Waals surface area contributed by atoms with Crippen LogP contribution in [0.3, 0.4) is 0 Å². The van der Waals surface area contributed by atoms with Crippen molar-refractivity contribution in [2.24, 2.45) is 0 Å². The minimum Gasteiger partial charge on any atom is -0.333 e. The van der Waals surface area contributed by atoms with Crippen LogP contribution in [0.25, 0.3) is 5.69 Å². The Morgan fingerprint density at radius 1 is 1.27 bits per heavy atom. The number of hydrogen-bond acceptors (Lipinski definition) is 3. The number of carbonyl (C=O) groups excluding carboxylic acids is 1. The maximum Gasteiger partial charge on any atom is 0.254 e. The van der Waals surface area contributed by atoms with Crippen molar-refractivity contribution in [2.45, 2.75) is 13.0 Å². The first kappa shape index (κ1) is 18.5. The molecular formula is C15H20Cl2N4O. The largest absolute Gasteiger partial charge is 0.333 e. The molecule has 1 fully saturated rings. The number of aromatic nitrogens is 2. The molecule has 120 valence electrons. The summed E-state index contributed by atoms with van der Waals surface area (Å²) in [7, 11) is 0. The zero-order valence-corrected chi connectivity index (χ0v) is 13.9. The van der Waals surface area contributed by atoms with Gasteiger partial charge in [-0.3, -0.25) is 4.79 Å². The van der Waals surface area contributed by atoms with Gasteiger partial charge in [-0.2, -0.15) is 0 Å². The monoisotopic (exact) mass is 342 g/mol. The van der Waals surface area contributed by atoms with Crippen LogP contribution in [0.5, 0.6) is 0 Å². The maximum absolute atomic E-state index is 12.5. The van der Waals surface area contributed by atoms with Gasteiger partial charge in [-0.25, -0.2) is 4.98 Å². The summed E-state index contributed by atoms with van der Waals surface area (Å²) in [6, 6.07) is 7.90. The lowest BCUT2D eigenvalue weighted by atomic mass is 10.1. The molecule has 2 heterocycles. The van der Waals surface area contributed by atoms with E-state index in [1.807, 2.05) is 39.9 Å². The zero-order chi connectivity index (χ0) is 13.9. The Bertz CT molecular complexity index is 586. The number of amides is 1. The van der Waals surface area contributed by atoms with Gasteiger partial charge in [0.25, 0.3) is 5.91 Å². The van der Waals surface area contributed by atoms with E-state index in [2.05, 4.69) is 17.2 Å². The Morgan fingerprint density at radius 2 is 2.00 bits per heavy atom. The summed E-state index contributed by atoms with van der Waals surface area (Å²) in [6.45, 7) is 4.56. The highest BCUT2D eigenvalue weighted by Gasteiger charge is 2.23. The maximum atomic E-state index is 12.5. The van der Waals surface area contributed by atoms with Gasteiger partial charge in [-0.05, 0) is 31.2 Å². The molecule has 1 amide bonds. The van der Waals surface area contributed by atoms with E-state index >= 15 is 0 Å². The van der Waals surface area contributed by atoms with E-state index in [0.29, 0.717) is 0 Å². The van der Waals surface area contributed by atoms with Gasteiger partial charge in [-0.1, -0.05) is 0 Å². The van der Waals surface area contributed by atoms with Crippen molar-refractivity contribution in [3.05, 3.63) is 48.5 Å². The molecule has 0 spiro atoms. The number of carbonyl (C=O) groups is 1. The minimum atomic E-state index is 0. The van der Waals surface area contributed by atoms with E-state index in [1.54, 1.807) is 12.5 Å². The molecule has 0 unspecified atom stereocenters. The van der Waals surface area contributed by atoms with Gasteiger partial charge in [0.15, 0.2) is 0 Å². The Labute approximate surface area is 142 Å². The van der Waals surface area contributed by atoms with Crippen LogP contribution in [-0.4, -0.2) is 46.0 Å². The summed E-state index contributed by atoms with van der Waals surface area (Å²) in [5, 5.41) is 3.29. The fourth-order valence-electron chi connectivity index (χ4n) is 2.50. The van der Waals surface area contributed by atoms with Crippen LogP contribution < -0.4 is 5.32 Å². The van der Waals surface area contributed by atoms with Crippen LogP contribution in [-0.2, 0) is 0 Å². The van der Waals surface area contributed by atoms with Crippen LogP contribution in [0.1, 0.15) is 17.3 Å². The molecule has 7 heteroatoms. The van der Waals surface area contributed by atoms with Crippen molar-refractivity contribution in [1.29, 1.82) is 0 Å². The quantitative estimate of drug-likeness (QED) is 0.909. The number of halogens is 2. The number of hydrogen-bond donors (Lipinski definition) is 1. The van der Waals surface area contributed by atoms with Crippen molar-refractivity contribution in [3.8, 4) is 5.69 Å². The average Bonchev–Trinajstić information content (AvgIpc) is 3.01. The second kappa shape index (κ2) is 8.17. The second-order valence-corrected chi connectivity index (χ2v) is 5.07. The predicted molar refractivity (Wildman–Crippen MR) is 91.4 cm³/mol. The van der Waals surface area contributed by atoms with Gasteiger partial charge < -0.3 is 14.8 Å². The SMILES string of the molecule is C[C@H]1CNCCN1C(=O)c1ccc(-n2ccnc2)cc1.Cl.Cl. The highest BCUT2D eigenvalue weighted by Crippen LogP contribution is 2.13. The van der Waals surface area contributed by atoms with E-state index in [1.165, 1.54) is 0 Å². The van der Waals surface area contributed by atoms with E-state index in [-0.39, 0.29) is 36.8 Å². The smallest absolute Gasteiger partial charge is 0.254 e. The number of piperazine rings is 1. The molecule has 1 aliphatic rings. The molecule has 3 rings (SSSR count). The van der Waals surface area contributed by atoms with Gasteiger partial charge >= 0.3 is 0 Å². The summed E-state index contributed by atoms with van der Waals surface area (Å²) in [5.41, 5.74) is 1.75. The highest BCUT2D eigenvalue weighted by molar-refractivity contribution is 5.94. The number of benzene rings is 1. The van der Waals surface area contributed by atoms with Crippen molar-refractivity contribution in [1.82, 2.24) is 19.8 Å². The Morgan fingerprint density at radius 3 is 2.59 bits per heavy atom. The lowest BCUT2D eigenvalue weighted by Crippen LogP contribution is -2.52. The van der Waals surface area contributed by atoms with E-state index in [9.17, 15) is 4.79 Å². The second-order valence-electron chi connectivity index (χ2n) is 5.07. The summed E-state index contributed by atoms with van der Waals surface area (Å²) in [5.74, 6) is 0.108. The summed E-state index contributed by atoms with van der Waals surface area (Å²) in [6.07, 6.45) is 5.37. The topological polar surface area (TPSA) is 50.2 Å². The molecule has 1 aromatic heterocycles. The lowest BCUT2D eigenvalue weighted by Gasteiger charge is -2.34. The molecular weight excluding hydrogens is 323 g/mol. The summed E-state index contributed by atoms with van der Waals surface area (Å²) >= 11 is 0. The third kappa shape index (κ3) is 3.80. The lowest BCUT2D eigenvalue weighted by molar-refractivity contribution is 0.0656. The third-order valence-electron chi connectivity index (χ3n) is 3.68. The van der Waals surface area contributed by atoms with Crippen LogP contribution in [0, 0.1) is 0 Å². The molecule has 0 saturated carbocycles. The molecule has 1 aromatic carbocycles. The van der Waals surface area contributed by atoms with Gasteiger partial charge in [0.05, 0.1) is 6.33 Å². The molecule has 1 aliphatic heterocycles. The number of nitrogens with one attached hydrogen (secondary N) is 1. The summed E-state index contributed by atoms with van der Waals surface area (Å²) in [4.78, 5) is 18.4. The van der Waals surface area contributed by atoms with Crippen molar-refractivity contribution >= 4 is 30.7 Å². The van der Waals surface area contributed by atoms with Gasteiger partial charge in [0, 0.05) is 49.3 Å². The van der Waals surface area contributed by atoms with Crippen LogP contribution in [0.15, 0.2) is 43.0 Å². The van der Waals surface area contributed by atoms with E-state index in [0.717, 1.165) is 30.9 Å². The number of nitrogens with zero attached hydrogens (tertiary/aromatic N) is 3. The summed E-state index contributed by atoms with van der Waals surface area (Å²) < 4.78 is 1.92. The van der Waals surface area contributed by atoms with Crippen LogP contribution in [0.4, 0.5) is 0 Å². The van der Waals surface area contributed by atoms with Crippen LogP contribution in [0.2, 0.25) is 0 Å². The standard InChI is InChI=1S/C15H18N4O.2ClH/c1-12-10-16-7-9-19(12)15(20)13-2-4-14(5-3-13)18-8-6-17-11-18;;/h2-6,8,11-12,16H,7,9-10H2,1H3;2*1H/t12-;;/m0../s1. The molecule has 1 saturated heterocycles. The molecule has 0 radical (unpaired) electrons. The average molecular weight is 343 g/mol.